The molecule has 8 heteroatoms. The standard InChI is InChI=1S/C19H20ClN3O4/c1-25-15-5-3-14(4-6-15)21-12-18(24)23-22-11-13-9-16(20)19-17(10-13)26-7-2-8-27-19/h3-6,9-11,21H,2,7-8,12H2,1H3,(H,23,24)/b22-11-. The van der Waals surface area contributed by atoms with Crippen LogP contribution in [0.1, 0.15) is 12.0 Å². The lowest BCUT2D eigenvalue weighted by Gasteiger charge is -2.09. The van der Waals surface area contributed by atoms with Crippen molar-refractivity contribution in [3.63, 3.8) is 0 Å². The molecule has 1 aliphatic rings. The third kappa shape index (κ3) is 5.27. The van der Waals surface area contributed by atoms with E-state index in [4.69, 9.17) is 25.8 Å². The molecule has 2 aromatic rings. The molecule has 1 amide bonds. The van der Waals surface area contributed by atoms with Crippen LogP contribution in [0.15, 0.2) is 41.5 Å². The first-order chi connectivity index (χ1) is 13.2. The molecule has 0 spiro atoms. The molecule has 0 atom stereocenters. The highest BCUT2D eigenvalue weighted by atomic mass is 35.5. The van der Waals surface area contributed by atoms with Crippen molar-refractivity contribution in [2.24, 2.45) is 5.10 Å². The number of hydrogen-bond acceptors (Lipinski definition) is 6. The Labute approximate surface area is 162 Å². The summed E-state index contributed by atoms with van der Waals surface area (Å²) >= 11 is 6.23. The fourth-order valence-corrected chi connectivity index (χ4v) is 2.71. The topological polar surface area (TPSA) is 81.2 Å². The van der Waals surface area contributed by atoms with Crippen LogP contribution in [0, 0.1) is 0 Å². The average Bonchev–Trinajstić information content (AvgIpc) is 2.93. The van der Waals surface area contributed by atoms with Gasteiger partial charge in [-0.3, -0.25) is 4.79 Å². The van der Waals surface area contributed by atoms with E-state index in [0.29, 0.717) is 35.3 Å². The number of anilines is 1. The van der Waals surface area contributed by atoms with Gasteiger partial charge in [0, 0.05) is 12.1 Å². The van der Waals surface area contributed by atoms with Gasteiger partial charge in [-0.25, -0.2) is 5.43 Å². The van der Waals surface area contributed by atoms with Crippen molar-refractivity contribution in [3.05, 3.63) is 47.0 Å². The van der Waals surface area contributed by atoms with E-state index in [1.165, 1.54) is 6.21 Å². The van der Waals surface area contributed by atoms with Crippen LogP contribution in [0.5, 0.6) is 17.2 Å². The highest BCUT2D eigenvalue weighted by Crippen LogP contribution is 2.37. The second kappa shape index (κ2) is 9.14. The van der Waals surface area contributed by atoms with Gasteiger partial charge in [0.05, 0.1) is 38.1 Å². The number of hydrazone groups is 1. The highest BCUT2D eigenvalue weighted by molar-refractivity contribution is 6.32. The maximum atomic E-state index is 11.9. The summed E-state index contributed by atoms with van der Waals surface area (Å²) in [5.74, 6) is 1.60. The fourth-order valence-electron chi connectivity index (χ4n) is 2.43. The highest BCUT2D eigenvalue weighted by Gasteiger charge is 2.15. The number of nitrogens with zero attached hydrogens (tertiary/aromatic N) is 1. The number of rotatable bonds is 6. The van der Waals surface area contributed by atoms with E-state index in [2.05, 4.69) is 15.8 Å². The Bertz CT molecular complexity index is 824. The first-order valence-electron chi connectivity index (χ1n) is 8.44. The molecule has 27 heavy (non-hydrogen) atoms. The van der Waals surface area contributed by atoms with Crippen LogP contribution in [-0.2, 0) is 4.79 Å². The van der Waals surface area contributed by atoms with Crippen molar-refractivity contribution in [1.29, 1.82) is 0 Å². The number of hydrogen-bond donors (Lipinski definition) is 2. The van der Waals surface area contributed by atoms with Crippen LogP contribution in [0.3, 0.4) is 0 Å². The van der Waals surface area contributed by atoms with Gasteiger partial charge in [-0.15, -0.1) is 0 Å². The largest absolute Gasteiger partial charge is 0.497 e. The van der Waals surface area contributed by atoms with Crippen LogP contribution < -0.4 is 25.0 Å². The third-order valence-electron chi connectivity index (χ3n) is 3.77. The number of benzene rings is 2. The van der Waals surface area contributed by atoms with Crippen LogP contribution in [0.2, 0.25) is 5.02 Å². The minimum Gasteiger partial charge on any atom is -0.497 e. The number of fused-ring (bicyclic) bond motifs is 1. The van der Waals surface area contributed by atoms with Gasteiger partial charge >= 0.3 is 0 Å². The molecule has 7 nitrogen and oxygen atoms in total. The lowest BCUT2D eigenvalue weighted by Crippen LogP contribution is -2.25. The number of ether oxygens (including phenoxy) is 3. The van der Waals surface area contributed by atoms with Crippen LogP contribution in [-0.4, -0.2) is 39.0 Å². The quantitative estimate of drug-likeness (QED) is 0.586. The van der Waals surface area contributed by atoms with Gasteiger partial charge < -0.3 is 19.5 Å². The average molecular weight is 390 g/mol. The zero-order valence-corrected chi connectivity index (χ0v) is 15.6. The van der Waals surface area contributed by atoms with E-state index in [-0.39, 0.29) is 12.5 Å². The molecule has 0 saturated carbocycles. The van der Waals surface area contributed by atoms with Crippen LogP contribution >= 0.6 is 11.6 Å². The van der Waals surface area contributed by atoms with Crippen LogP contribution in [0.4, 0.5) is 5.69 Å². The van der Waals surface area contributed by atoms with E-state index < -0.39 is 0 Å². The van der Waals surface area contributed by atoms with Gasteiger partial charge in [0.15, 0.2) is 11.5 Å². The summed E-state index contributed by atoms with van der Waals surface area (Å²) in [7, 11) is 1.60. The monoisotopic (exact) mass is 389 g/mol. The van der Waals surface area contributed by atoms with Gasteiger partial charge in [-0.1, -0.05) is 11.6 Å². The molecule has 3 rings (SSSR count). The van der Waals surface area contributed by atoms with Crippen molar-refractivity contribution in [1.82, 2.24) is 5.43 Å². The molecule has 0 unspecified atom stereocenters. The van der Waals surface area contributed by atoms with Crippen LogP contribution in [0.25, 0.3) is 0 Å². The number of nitrogens with one attached hydrogen (secondary N) is 2. The molecule has 2 aromatic carbocycles. The summed E-state index contributed by atoms with van der Waals surface area (Å²) in [5.41, 5.74) is 3.98. The number of amides is 1. The number of methoxy groups -OCH3 is 1. The lowest BCUT2D eigenvalue weighted by molar-refractivity contribution is -0.119. The van der Waals surface area contributed by atoms with Gasteiger partial charge in [0.25, 0.3) is 5.91 Å². The number of carbonyl (C=O) groups is 1. The van der Waals surface area contributed by atoms with E-state index in [1.807, 2.05) is 24.3 Å². The van der Waals surface area contributed by atoms with Gasteiger partial charge in [0.1, 0.15) is 5.75 Å². The molecular weight excluding hydrogens is 370 g/mol. The lowest BCUT2D eigenvalue weighted by atomic mass is 10.2. The van der Waals surface area contributed by atoms with E-state index in [9.17, 15) is 4.79 Å². The van der Waals surface area contributed by atoms with Crippen molar-refractivity contribution in [2.75, 3.05) is 32.2 Å². The second-order valence-electron chi connectivity index (χ2n) is 5.76. The molecule has 0 aromatic heterocycles. The predicted octanol–water partition coefficient (Wildman–Crippen LogP) is 3.07. The Kier molecular flexibility index (Phi) is 6.38. The number of carbonyl (C=O) groups excluding carboxylic acids is 1. The molecule has 0 bridgehead atoms. The summed E-state index contributed by atoms with van der Waals surface area (Å²) in [5, 5.41) is 7.40. The number of halogens is 1. The molecule has 0 fully saturated rings. The summed E-state index contributed by atoms with van der Waals surface area (Å²) in [6, 6.07) is 10.8. The van der Waals surface area contributed by atoms with Gasteiger partial charge in [-0.05, 0) is 42.0 Å². The Morgan fingerprint density at radius 1 is 1.26 bits per heavy atom. The Balaban J connectivity index is 1.53. The second-order valence-corrected chi connectivity index (χ2v) is 6.16. The summed E-state index contributed by atoms with van der Waals surface area (Å²) in [6.07, 6.45) is 2.30. The van der Waals surface area contributed by atoms with Crippen molar-refractivity contribution >= 4 is 29.4 Å². The molecule has 142 valence electrons. The minimum absolute atomic E-state index is 0.0889. The smallest absolute Gasteiger partial charge is 0.259 e. The first kappa shape index (κ1) is 18.8. The van der Waals surface area contributed by atoms with Crippen molar-refractivity contribution < 1.29 is 19.0 Å². The first-order valence-corrected chi connectivity index (χ1v) is 8.82. The molecule has 1 aliphatic heterocycles. The third-order valence-corrected chi connectivity index (χ3v) is 4.05. The molecular formula is C19H20ClN3O4. The van der Waals surface area contributed by atoms with Crippen molar-refractivity contribution in [3.8, 4) is 17.2 Å². The molecule has 0 saturated heterocycles. The Morgan fingerprint density at radius 2 is 2.04 bits per heavy atom. The minimum atomic E-state index is -0.275. The van der Waals surface area contributed by atoms with E-state index in [1.54, 1.807) is 19.2 Å². The molecule has 0 aliphatic carbocycles. The SMILES string of the molecule is COc1ccc(NCC(=O)N/N=C\c2cc(Cl)c3c(c2)OCCCO3)cc1. The summed E-state index contributed by atoms with van der Waals surface area (Å²) in [6.45, 7) is 1.22. The van der Waals surface area contributed by atoms with Gasteiger partial charge in [-0.2, -0.15) is 5.10 Å². The molecule has 2 N–H and O–H groups in total. The Hall–Kier alpha value is -2.93. The van der Waals surface area contributed by atoms with E-state index in [0.717, 1.165) is 17.9 Å². The van der Waals surface area contributed by atoms with Crippen molar-refractivity contribution in [2.45, 2.75) is 6.42 Å². The summed E-state index contributed by atoms with van der Waals surface area (Å²) < 4.78 is 16.3. The Morgan fingerprint density at radius 3 is 2.81 bits per heavy atom. The maximum Gasteiger partial charge on any atom is 0.259 e. The summed E-state index contributed by atoms with van der Waals surface area (Å²) in [4.78, 5) is 11.9. The molecule has 0 radical (unpaired) electrons. The predicted molar refractivity (Wildman–Crippen MR) is 104 cm³/mol. The zero-order chi connectivity index (χ0) is 19.1. The molecule has 1 heterocycles. The maximum absolute atomic E-state index is 11.9. The van der Waals surface area contributed by atoms with Gasteiger partial charge in [0.2, 0.25) is 0 Å². The van der Waals surface area contributed by atoms with E-state index >= 15 is 0 Å². The fraction of sp³-hybridized carbons (Fsp3) is 0.263. The normalized spacial score (nSPS) is 13.1. The zero-order valence-electron chi connectivity index (χ0n) is 14.8.